The Balaban J connectivity index is 0.000000861. The molecule has 0 aromatic heterocycles. The van der Waals surface area contributed by atoms with Crippen molar-refractivity contribution in [2.24, 2.45) is 5.92 Å². The molecule has 2 saturated heterocycles. The Morgan fingerprint density at radius 2 is 1.74 bits per heavy atom. The van der Waals surface area contributed by atoms with E-state index in [9.17, 15) is 18.0 Å². The summed E-state index contributed by atoms with van der Waals surface area (Å²) in [4.78, 5) is 13.7. The summed E-state index contributed by atoms with van der Waals surface area (Å²) in [7, 11) is 0. The summed E-state index contributed by atoms with van der Waals surface area (Å²) in [6.07, 6.45) is -3.47. The van der Waals surface area contributed by atoms with Crippen LogP contribution in [0.5, 0.6) is 0 Å². The van der Waals surface area contributed by atoms with E-state index in [0.29, 0.717) is 13.1 Å². The van der Waals surface area contributed by atoms with Gasteiger partial charge in [-0.25, -0.2) is 0 Å². The number of nitrogens with zero attached hydrogens (tertiary/aromatic N) is 1. The van der Waals surface area contributed by atoms with E-state index in [-0.39, 0.29) is 18.0 Å². The zero-order valence-electron chi connectivity index (χ0n) is 11.8. The molecule has 2 aliphatic rings. The second kappa shape index (κ2) is 6.59. The molecule has 3 atom stereocenters. The molecule has 0 saturated carbocycles. The molecule has 2 aliphatic heterocycles. The molecule has 1 N–H and O–H groups in total. The van der Waals surface area contributed by atoms with Crippen LogP contribution >= 0.6 is 0 Å². The molecule has 0 aromatic carbocycles. The highest BCUT2D eigenvalue weighted by atomic mass is 19.4. The summed E-state index contributed by atoms with van der Waals surface area (Å²) in [5.74, 6) is -1.30. The van der Waals surface area contributed by atoms with Gasteiger partial charge < -0.3 is 10.2 Å². The van der Waals surface area contributed by atoms with Gasteiger partial charge in [-0.1, -0.05) is 20.8 Å². The summed E-state index contributed by atoms with van der Waals surface area (Å²) in [6.45, 7) is 6.79. The number of halogens is 3. The molecule has 2 heterocycles. The molecule has 112 valence electrons. The van der Waals surface area contributed by atoms with E-state index >= 15 is 0 Å². The van der Waals surface area contributed by atoms with Gasteiger partial charge in [0, 0.05) is 31.1 Å². The Morgan fingerprint density at radius 3 is 2.16 bits per heavy atom. The summed E-state index contributed by atoms with van der Waals surface area (Å²) in [6, 6.07) is 0.189. The van der Waals surface area contributed by atoms with Crippen molar-refractivity contribution in [1.82, 2.24) is 10.2 Å². The summed E-state index contributed by atoms with van der Waals surface area (Å²) >= 11 is 0. The van der Waals surface area contributed by atoms with Crippen LogP contribution in [0.4, 0.5) is 13.2 Å². The largest absolute Gasteiger partial charge is 0.389 e. The van der Waals surface area contributed by atoms with Gasteiger partial charge in [-0.15, -0.1) is 0 Å². The predicted octanol–water partition coefficient (Wildman–Crippen LogP) is 2.56. The molecule has 2 fully saturated rings. The maximum Gasteiger partial charge on any atom is 0.389 e. The number of hydrogen-bond acceptors (Lipinski definition) is 2. The molecule has 3 unspecified atom stereocenters. The maximum atomic E-state index is 12.3. The average Bonchev–Trinajstić information content (AvgIpc) is 2.58. The normalized spacial score (nSPS) is 27.6. The van der Waals surface area contributed by atoms with Crippen molar-refractivity contribution in [2.45, 2.75) is 58.3 Å². The molecule has 3 nitrogen and oxygen atoms in total. The third-order valence-electron chi connectivity index (χ3n) is 3.59. The lowest BCUT2D eigenvalue weighted by molar-refractivity contribution is -0.160. The number of carbonyl (C=O) groups is 1. The van der Waals surface area contributed by atoms with Gasteiger partial charge in [0.15, 0.2) is 0 Å². The van der Waals surface area contributed by atoms with Gasteiger partial charge in [0.05, 0.1) is 6.42 Å². The van der Waals surface area contributed by atoms with E-state index in [1.54, 1.807) is 4.90 Å². The van der Waals surface area contributed by atoms with E-state index in [2.05, 4.69) is 5.32 Å². The topological polar surface area (TPSA) is 32.3 Å². The summed E-state index contributed by atoms with van der Waals surface area (Å²) in [5, 5.41) is 3.20. The van der Waals surface area contributed by atoms with Crippen molar-refractivity contribution in [3.05, 3.63) is 0 Å². The van der Waals surface area contributed by atoms with E-state index in [1.165, 1.54) is 6.92 Å². The molecule has 6 heteroatoms. The average molecular weight is 280 g/mol. The summed E-state index contributed by atoms with van der Waals surface area (Å²) in [5.41, 5.74) is 0. The maximum absolute atomic E-state index is 12.3. The number of amides is 1. The molecule has 0 radical (unpaired) electrons. The van der Waals surface area contributed by atoms with E-state index in [0.717, 1.165) is 12.8 Å². The van der Waals surface area contributed by atoms with Crippen molar-refractivity contribution in [3.63, 3.8) is 0 Å². The Morgan fingerprint density at radius 1 is 1.26 bits per heavy atom. The number of alkyl halides is 3. The highest BCUT2D eigenvalue weighted by Crippen LogP contribution is 2.31. The lowest BCUT2D eigenvalue weighted by Crippen LogP contribution is -2.55. The quantitative estimate of drug-likeness (QED) is 0.843. The second-order valence-electron chi connectivity index (χ2n) is 5.01. The molecule has 2 rings (SSSR count). The number of hydrogen-bond donors (Lipinski definition) is 1. The van der Waals surface area contributed by atoms with Gasteiger partial charge in [-0.2, -0.15) is 13.2 Å². The third kappa shape index (κ3) is 4.09. The monoisotopic (exact) mass is 280 g/mol. The standard InChI is InChI=1S/C11H17F3N2O.C2H6/c1-7(4-11(12,13)14)10(17)16-8-2-3-9(16)6-15-5-8;1-2/h7-9,15H,2-6H2,1H3;1-2H3. The van der Waals surface area contributed by atoms with E-state index in [1.807, 2.05) is 13.8 Å². The van der Waals surface area contributed by atoms with Crippen LogP contribution in [0.2, 0.25) is 0 Å². The molecule has 2 bridgehead atoms. The highest BCUT2D eigenvalue weighted by molar-refractivity contribution is 5.79. The van der Waals surface area contributed by atoms with Gasteiger partial charge in [0.1, 0.15) is 0 Å². The van der Waals surface area contributed by atoms with Gasteiger partial charge in [-0.05, 0) is 12.8 Å². The predicted molar refractivity (Wildman–Crippen MR) is 67.7 cm³/mol. The van der Waals surface area contributed by atoms with Crippen LogP contribution in [-0.2, 0) is 4.79 Å². The molecule has 0 spiro atoms. The lowest BCUT2D eigenvalue weighted by Gasteiger charge is -2.37. The summed E-state index contributed by atoms with van der Waals surface area (Å²) < 4.78 is 36.8. The number of rotatable bonds is 2. The number of nitrogens with one attached hydrogen (secondary N) is 1. The molecule has 1 amide bonds. The zero-order valence-corrected chi connectivity index (χ0v) is 11.8. The van der Waals surface area contributed by atoms with Gasteiger partial charge in [0.2, 0.25) is 5.91 Å². The fraction of sp³-hybridized carbons (Fsp3) is 0.923. The Labute approximate surface area is 112 Å². The molecular formula is C13H23F3N2O. The van der Waals surface area contributed by atoms with Crippen molar-refractivity contribution >= 4 is 5.91 Å². The van der Waals surface area contributed by atoms with Crippen LogP contribution in [0, 0.1) is 5.92 Å². The van der Waals surface area contributed by atoms with Crippen molar-refractivity contribution < 1.29 is 18.0 Å². The number of carbonyl (C=O) groups excluding carboxylic acids is 1. The van der Waals surface area contributed by atoms with Crippen LogP contribution in [0.3, 0.4) is 0 Å². The highest BCUT2D eigenvalue weighted by Gasteiger charge is 2.43. The first-order valence-electron chi connectivity index (χ1n) is 6.98. The van der Waals surface area contributed by atoms with Crippen LogP contribution in [0.1, 0.15) is 40.0 Å². The second-order valence-corrected chi connectivity index (χ2v) is 5.01. The van der Waals surface area contributed by atoms with Crippen LogP contribution in [-0.4, -0.2) is 42.2 Å². The lowest BCUT2D eigenvalue weighted by atomic mass is 10.0. The molecule has 0 aromatic rings. The van der Waals surface area contributed by atoms with Crippen molar-refractivity contribution in [3.8, 4) is 0 Å². The minimum absolute atomic E-state index is 0.0944. The van der Waals surface area contributed by atoms with E-state index in [4.69, 9.17) is 0 Å². The number of piperazine rings is 1. The Bertz CT molecular complexity index is 291. The minimum Gasteiger partial charge on any atom is -0.334 e. The van der Waals surface area contributed by atoms with Gasteiger partial charge in [-0.3, -0.25) is 4.79 Å². The molecule has 19 heavy (non-hydrogen) atoms. The van der Waals surface area contributed by atoms with Crippen LogP contribution in [0.15, 0.2) is 0 Å². The minimum atomic E-state index is -4.26. The van der Waals surface area contributed by atoms with Crippen molar-refractivity contribution in [1.29, 1.82) is 0 Å². The SMILES string of the molecule is CC.CC(CC(F)(F)F)C(=O)N1C2CCC1CNC2. The Kier molecular flexibility index (Phi) is 5.64. The number of fused-ring (bicyclic) bond motifs is 2. The first-order chi connectivity index (χ1) is 8.88. The van der Waals surface area contributed by atoms with Crippen molar-refractivity contribution in [2.75, 3.05) is 13.1 Å². The van der Waals surface area contributed by atoms with Crippen LogP contribution < -0.4 is 5.32 Å². The smallest absolute Gasteiger partial charge is 0.334 e. The molecule has 0 aliphatic carbocycles. The fourth-order valence-electron chi connectivity index (χ4n) is 2.83. The third-order valence-corrected chi connectivity index (χ3v) is 3.59. The zero-order chi connectivity index (χ0) is 14.6. The fourth-order valence-corrected chi connectivity index (χ4v) is 2.83. The van der Waals surface area contributed by atoms with Crippen LogP contribution in [0.25, 0.3) is 0 Å². The molecular weight excluding hydrogens is 257 g/mol. The van der Waals surface area contributed by atoms with E-state index < -0.39 is 18.5 Å². The Hall–Kier alpha value is -0.780. The van der Waals surface area contributed by atoms with Gasteiger partial charge >= 0.3 is 6.18 Å². The first-order valence-corrected chi connectivity index (χ1v) is 6.98. The van der Waals surface area contributed by atoms with Gasteiger partial charge in [0.25, 0.3) is 0 Å². The first kappa shape index (κ1) is 16.3.